The summed E-state index contributed by atoms with van der Waals surface area (Å²) in [6.45, 7) is 3.54. The van der Waals surface area contributed by atoms with Crippen molar-refractivity contribution in [2.45, 2.75) is 25.5 Å². The van der Waals surface area contributed by atoms with E-state index in [1.807, 2.05) is 6.07 Å². The lowest BCUT2D eigenvalue weighted by atomic mass is 9.95. The number of benzene rings is 1. The van der Waals surface area contributed by atoms with E-state index in [2.05, 4.69) is 50.7 Å². The van der Waals surface area contributed by atoms with Gasteiger partial charge in [-0.15, -0.1) is 5.10 Å². The molecule has 1 N–H and O–H groups in total. The Morgan fingerprint density at radius 3 is 2.87 bits per heavy atom. The molecule has 7 heteroatoms. The van der Waals surface area contributed by atoms with Gasteiger partial charge in [0.2, 0.25) is 11.8 Å². The lowest BCUT2D eigenvalue weighted by Crippen LogP contribution is -2.52. The van der Waals surface area contributed by atoms with Gasteiger partial charge >= 0.3 is 0 Å². The molecule has 6 rings (SSSR count). The average Bonchev–Trinajstić information content (AvgIpc) is 3.69. The Labute approximate surface area is 181 Å². The van der Waals surface area contributed by atoms with Crippen molar-refractivity contribution in [3.05, 3.63) is 48.2 Å². The Bertz CT molecular complexity index is 1130. The van der Waals surface area contributed by atoms with Crippen molar-refractivity contribution in [2.75, 3.05) is 31.6 Å². The van der Waals surface area contributed by atoms with E-state index in [-0.39, 0.29) is 0 Å². The van der Waals surface area contributed by atoms with Crippen LogP contribution in [0.1, 0.15) is 18.4 Å². The first-order valence-electron chi connectivity index (χ1n) is 10.9. The molecule has 2 aliphatic heterocycles. The second-order valence-electron chi connectivity index (χ2n) is 8.51. The van der Waals surface area contributed by atoms with Gasteiger partial charge in [-0.2, -0.15) is 10.1 Å². The standard InChI is InChI=1S/C24H25N5O2/c1-30-23-11-17(12-26-28-23)16-4-5-19-18(10-16)14-31-24-20(19)6-7-22(27-24)29-9-8-25-21(13-29)15-2-3-15/h4-7,10-12,15,21,25H,2-3,8-9,13-14H2,1H3/t21-/m0/s1. The van der Waals surface area contributed by atoms with Crippen LogP contribution in [-0.4, -0.2) is 48.0 Å². The fraction of sp³-hybridized carbons (Fsp3) is 0.375. The lowest BCUT2D eigenvalue weighted by Gasteiger charge is -2.35. The molecule has 7 nitrogen and oxygen atoms in total. The Kier molecular flexibility index (Phi) is 4.49. The van der Waals surface area contributed by atoms with Crippen LogP contribution in [-0.2, 0) is 6.61 Å². The van der Waals surface area contributed by atoms with Crippen molar-refractivity contribution < 1.29 is 9.47 Å². The minimum Gasteiger partial charge on any atom is -0.480 e. The summed E-state index contributed by atoms with van der Waals surface area (Å²) in [5.41, 5.74) is 5.41. The summed E-state index contributed by atoms with van der Waals surface area (Å²) in [5.74, 6) is 3.09. The minimum absolute atomic E-state index is 0.505. The van der Waals surface area contributed by atoms with Crippen LogP contribution < -0.4 is 19.7 Å². The zero-order valence-electron chi connectivity index (χ0n) is 17.5. The van der Waals surface area contributed by atoms with Gasteiger partial charge in [0.1, 0.15) is 12.4 Å². The fourth-order valence-corrected chi connectivity index (χ4v) is 4.63. The van der Waals surface area contributed by atoms with E-state index in [0.29, 0.717) is 18.5 Å². The number of hydrogen-bond acceptors (Lipinski definition) is 7. The topological polar surface area (TPSA) is 72.4 Å². The van der Waals surface area contributed by atoms with E-state index in [1.165, 1.54) is 18.4 Å². The molecular weight excluding hydrogens is 390 g/mol. The number of anilines is 1. The predicted molar refractivity (Wildman–Crippen MR) is 118 cm³/mol. The predicted octanol–water partition coefficient (Wildman–Crippen LogP) is 3.29. The maximum absolute atomic E-state index is 6.10. The van der Waals surface area contributed by atoms with Crippen LogP contribution in [0.3, 0.4) is 0 Å². The van der Waals surface area contributed by atoms with E-state index in [9.17, 15) is 0 Å². The molecule has 1 saturated heterocycles. The first-order chi connectivity index (χ1) is 15.3. The molecule has 2 fully saturated rings. The van der Waals surface area contributed by atoms with Crippen molar-refractivity contribution in [3.8, 4) is 34.0 Å². The van der Waals surface area contributed by atoms with E-state index >= 15 is 0 Å². The van der Waals surface area contributed by atoms with E-state index in [0.717, 1.165) is 59.5 Å². The maximum Gasteiger partial charge on any atom is 0.233 e. The molecule has 31 heavy (non-hydrogen) atoms. The van der Waals surface area contributed by atoms with E-state index in [4.69, 9.17) is 14.5 Å². The molecule has 0 amide bonds. The Morgan fingerprint density at radius 1 is 1.10 bits per heavy atom. The number of aromatic nitrogens is 3. The third-order valence-electron chi connectivity index (χ3n) is 6.50. The van der Waals surface area contributed by atoms with Gasteiger partial charge in [0.25, 0.3) is 0 Å². The third kappa shape index (κ3) is 3.49. The summed E-state index contributed by atoms with van der Waals surface area (Å²) in [6.07, 6.45) is 4.46. The highest BCUT2D eigenvalue weighted by Crippen LogP contribution is 2.40. The monoisotopic (exact) mass is 415 g/mol. The molecule has 1 saturated carbocycles. The van der Waals surface area contributed by atoms with Crippen molar-refractivity contribution in [2.24, 2.45) is 5.92 Å². The van der Waals surface area contributed by atoms with Gasteiger partial charge < -0.3 is 19.7 Å². The highest BCUT2D eigenvalue weighted by atomic mass is 16.5. The highest BCUT2D eigenvalue weighted by molar-refractivity contribution is 5.78. The number of fused-ring (bicyclic) bond motifs is 3. The van der Waals surface area contributed by atoms with Crippen LogP contribution in [0, 0.1) is 5.92 Å². The second kappa shape index (κ2) is 7.50. The summed E-state index contributed by atoms with van der Waals surface area (Å²) in [4.78, 5) is 7.29. The Morgan fingerprint density at radius 2 is 2.00 bits per heavy atom. The quantitative estimate of drug-likeness (QED) is 0.701. The van der Waals surface area contributed by atoms with Crippen LogP contribution in [0.15, 0.2) is 42.6 Å². The molecule has 0 radical (unpaired) electrons. The van der Waals surface area contributed by atoms with Crippen LogP contribution in [0.25, 0.3) is 22.3 Å². The number of piperazine rings is 1. The molecule has 158 valence electrons. The molecule has 3 aromatic rings. The smallest absolute Gasteiger partial charge is 0.233 e. The number of nitrogens with zero attached hydrogens (tertiary/aromatic N) is 4. The van der Waals surface area contributed by atoms with Gasteiger partial charge in [-0.25, -0.2) is 0 Å². The van der Waals surface area contributed by atoms with Crippen LogP contribution >= 0.6 is 0 Å². The van der Waals surface area contributed by atoms with Gasteiger partial charge in [0.15, 0.2) is 0 Å². The maximum atomic E-state index is 6.10. The molecular formula is C24H25N5O2. The molecule has 4 heterocycles. The van der Waals surface area contributed by atoms with Gasteiger partial charge in [-0.05, 0) is 53.6 Å². The fourth-order valence-electron chi connectivity index (χ4n) is 4.63. The SMILES string of the molecule is COc1cc(-c2ccc3c(c2)COc2nc(N4CCN[C@H](C5CC5)C4)ccc2-3)cnn1. The van der Waals surface area contributed by atoms with Crippen molar-refractivity contribution in [1.82, 2.24) is 20.5 Å². The zero-order chi connectivity index (χ0) is 20.8. The minimum atomic E-state index is 0.505. The van der Waals surface area contributed by atoms with Crippen LogP contribution in [0.4, 0.5) is 5.82 Å². The summed E-state index contributed by atoms with van der Waals surface area (Å²) < 4.78 is 11.3. The van der Waals surface area contributed by atoms with Gasteiger partial charge in [-0.1, -0.05) is 12.1 Å². The van der Waals surface area contributed by atoms with Crippen LogP contribution in [0.2, 0.25) is 0 Å². The van der Waals surface area contributed by atoms with Crippen molar-refractivity contribution in [1.29, 1.82) is 0 Å². The van der Waals surface area contributed by atoms with Crippen molar-refractivity contribution >= 4 is 5.82 Å². The van der Waals surface area contributed by atoms with E-state index in [1.54, 1.807) is 13.3 Å². The lowest BCUT2D eigenvalue weighted by molar-refractivity contribution is 0.290. The summed E-state index contributed by atoms with van der Waals surface area (Å²) in [7, 11) is 1.60. The molecule has 1 aliphatic carbocycles. The highest BCUT2D eigenvalue weighted by Gasteiger charge is 2.34. The number of hydrogen-bond donors (Lipinski definition) is 1. The average molecular weight is 415 g/mol. The van der Waals surface area contributed by atoms with Gasteiger partial charge in [0.05, 0.1) is 13.3 Å². The van der Waals surface area contributed by atoms with Crippen LogP contribution in [0.5, 0.6) is 11.8 Å². The third-order valence-corrected chi connectivity index (χ3v) is 6.50. The molecule has 2 aromatic heterocycles. The zero-order valence-corrected chi connectivity index (χ0v) is 17.5. The number of ether oxygens (including phenoxy) is 2. The largest absolute Gasteiger partial charge is 0.480 e. The van der Waals surface area contributed by atoms with Crippen molar-refractivity contribution in [3.63, 3.8) is 0 Å². The molecule has 1 aromatic carbocycles. The second-order valence-corrected chi connectivity index (χ2v) is 8.51. The molecule has 0 unspecified atom stereocenters. The summed E-state index contributed by atoms with van der Waals surface area (Å²) in [5, 5.41) is 11.6. The Balaban J connectivity index is 1.28. The number of pyridine rings is 1. The van der Waals surface area contributed by atoms with Gasteiger partial charge in [-0.3, -0.25) is 0 Å². The molecule has 3 aliphatic rings. The normalized spacial score (nSPS) is 19.9. The number of rotatable bonds is 4. The first-order valence-corrected chi connectivity index (χ1v) is 10.9. The molecule has 1 atom stereocenters. The summed E-state index contributed by atoms with van der Waals surface area (Å²) in [6, 6.07) is 13.2. The molecule has 0 spiro atoms. The summed E-state index contributed by atoms with van der Waals surface area (Å²) >= 11 is 0. The molecule has 0 bridgehead atoms. The van der Waals surface area contributed by atoms with E-state index < -0.39 is 0 Å². The number of nitrogens with one attached hydrogen (secondary N) is 1. The number of methoxy groups -OCH3 is 1. The first kappa shape index (κ1) is 18.6. The Hall–Kier alpha value is -3.19. The van der Waals surface area contributed by atoms with Gasteiger partial charge in [0, 0.05) is 42.9 Å².